The van der Waals surface area contributed by atoms with Crippen molar-refractivity contribution in [3.05, 3.63) is 0 Å². The first-order valence-corrected chi connectivity index (χ1v) is 5.47. The molecule has 0 spiro atoms. The topological polar surface area (TPSA) is 20.3 Å². The molecule has 1 heterocycles. The van der Waals surface area contributed by atoms with Gasteiger partial charge in [0.05, 0.1) is 0 Å². The van der Waals surface area contributed by atoms with Crippen molar-refractivity contribution in [1.82, 2.24) is 4.90 Å². The van der Waals surface area contributed by atoms with Crippen molar-refractivity contribution < 1.29 is 4.79 Å². The molecule has 74 valence electrons. The summed E-state index contributed by atoms with van der Waals surface area (Å²) >= 11 is 0. The van der Waals surface area contributed by atoms with E-state index in [1.54, 1.807) is 0 Å². The first-order chi connectivity index (χ1) is 6.18. The number of nitrogens with zero attached hydrogens (tertiary/aromatic N) is 1. The van der Waals surface area contributed by atoms with E-state index >= 15 is 0 Å². The Bertz CT molecular complexity index is 200. The molecule has 13 heavy (non-hydrogen) atoms. The molecule has 1 amide bonds. The average molecular weight is 181 g/mol. The molecule has 1 aliphatic carbocycles. The van der Waals surface area contributed by atoms with Crippen LogP contribution in [0, 0.1) is 17.8 Å². The highest BCUT2D eigenvalue weighted by atomic mass is 16.2. The van der Waals surface area contributed by atoms with Gasteiger partial charge in [0.1, 0.15) is 0 Å². The maximum absolute atomic E-state index is 11.7. The molecule has 1 saturated heterocycles. The number of amides is 1. The molecule has 0 radical (unpaired) electrons. The van der Waals surface area contributed by atoms with Crippen molar-refractivity contribution in [3.8, 4) is 0 Å². The second-order valence-electron chi connectivity index (χ2n) is 4.85. The van der Waals surface area contributed by atoms with E-state index in [0.29, 0.717) is 5.91 Å². The zero-order valence-corrected chi connectivity index (χ0v) is 8.62. The fourth-order valence-corrected chi connectivity index (χ4v) is 2.78. The van der Waals surface area contributed by atoms with E-state index in [-0.39, 0.29) is 5.92 Å². The molecule has 2 atom stereocenters. The van der Waals surface area contributed by atoms with E-state index in [9.17, 15) is 4.79 Å². The maximum Gasteiger partial charge on any atom is 0.225 e. The van der Waals surface area contributed by atoms with Crippen molar-refractivity contribution in [3.63, 3.8) is 0 Å². The Morgan fingerprint density at radius 1 is 1.23 bits per heavy atom. The van der Waals surface area contributed by atoms with Crippen LogP contribution in [0.1, 0.15) is 33.1 Å². The van der Waals surface area contributed by atoms with E-state index in [1.165, 1.54) is 19.3 Å². The van der Waals surface area contributed by atoms with Gasteiger partial charge in [-0.15, -0.1) is 0 Å². The molecule has 2 rings (SSSR count). The van der Waals surface area contributed by atoms with E-state index in [0.717, 1.165) is 24.9 Å². The Morgan fingerprint density at radius 3 is 2.23 bits per heavy atom. The minimum absolute atomic E-state index is 0.179. The van der Waals surface area contributed by atoms with Gasteiger partial charge in [0, 0.05) is 19.0 Å². The molecule has 0 aromatic heterocycles. The number of fused-ring (bicyclic) bond motifs is 1. The normalized spacial score (nSPS) is 32.7. The van der Waals surface area contributed by atoms with Crippen molar-refractivity contribution >= 4 is 5.91 Å². The van der Waals surface area contributed by atoms with Gasteiger partial charge in [-0.25, -0.2) is 0 Å². The van der Waals surface area contributed by atoms with Gasteiger partial charge >= 0.3 is 0 Å². The molecule has 2 unspecified atom stereocenters. The fourth-order valence-electron chi connectivity index (χ4n) is 2.78. The highest BCUT2D eigenvalue weighted by Gasteiger charge is 2.38. The molecule has 2 nitrogen and oxygen atoms in total. The van der Waals surface area contributed by atoms with Gasteiger partial charge in [0.2, 0.25) is 5.91 Å². The Hall–Kier alpha value is -0.530. The number of carbonyl (C=O) groups is 1. The van der Waals surface area contributed by atoms with Crippen molar-refractivity contribution in [1.29, 1.82) is 0 Å². The molecule has 2 aliphatic rings. The van der Waals surface area contributed by atoms with Gasteiger partial charge in [-0.05, 0) is 24.7 Å². The number of hydrogen-bond acceptors (Lipinski definition) is 1. The van der Waals surface area contributed by atoms with Gasteiger partial charge in [-0.1, -0.05) is 20.3 Å². The van der Waals surface area contributed by atoms with Gasteiger partial charge < -0.3 is 4.90 Å². The van der Waals surface area contributed by atoms with Crippen molar-refractivity contribution in [2.75, 3.05) is 13.1 Å². The minimum atomic E-state index is 0.179. The summed E-state index contributed by atoms with van der Waals surface area (Å²) in [4.78, 5) is 13.8. The predicted octanol–water partition coefficient (Wildman–Crippen LogP) is 1.90. The monoisotopic (exact) mass is 181 g/mol. The number of hydrogen-bond donors (Lipinski definition) is 0. The van der Waals surface area contributed by atoms with Crippen LogP contribution in [0.4, 0.5) is 0 Å². The predicted molar refractivity (Wildman–Crippen MR) is 52.2 cm³/mol. The van der Waals surface area contributed by atoms with Gasteiger partial charge in [-0.3, -0.25) is 4.79 Å². The van der Waals surface area contributed by atoms with E-state index in [2.05, 4.69) is 4.90 Å². The lowest BCUT2D eigenvalue weighted by Gasteiger charge is -2.19. The molecule has 1 saturated carbocycles. The summed E-state index contributed by atoms with van der Waals surface area (Å²) in [5, 5.41) is 0. The van der Waals surface area contributed by atoms with Crippen LogP contribution in [0.25, 0.3) is 0 Å². The molecule has 0 aromatic rings. The molecule has 1 aliphatic heterocycles. The fraction of sp³-hybridized carbons (Fsp3) is 0.909. The zero-order chi connectivity index (χ0) is 9.42. The summed E-state index contributed by atoms with van der Waals surface area (Å²) in [5.41, 5.74) is 0. The Morgan fingerprint density at radius 2 is 1.77 bits per heavy atom. The second-order valence-corrected chi connectivity index (χ2v) is 4.85. The largest absolute Gasteiger partial charge is 0.342 e. The van der Waals surface area contributed by atoms with Gasteiger partial charge in [-0.2, -0.15) is 0 Å². The quantitative estimate of drug-likeness (QED) is 0.605. The molecular weight excluding hydrogens is 162 g/mol. The van der Waals surface area contributed by atoms with E-state index in [4.69, 9.17) is 0 Å². The van der Waals surface area contributed by atoms with E-state index in [1.807, 2.05) is 13.8 Å². The van der Waals surface area contributed by atoms with Crippen LogP contribution in [0.2, 0.25) is 0 Å². The first kappa shape index (κ1) is 9.04. The lowest BCUT2D eigenvalue weighted by molar-refractivity contribution is -0.133. The first-order valence-electron chi connectivity index (χ1n) is 5.47. The number of carbonyl (C=O) groups excluding carboxylic acids is 1. The Kier molecular flexibility index (Phi) is 2.31. The van der Waals surface area contributed by atoms with Crippen LogP contribution in [-0.2, 0) is 4.79 Å². The molecule has 0 aromatic carbocycles. The third-order valence-electron chi connectivity index (χ3n) is 3.53. The zero-order valence-electron chi connectivity index (χ0n) is 8.62. The van der Waals surface area contributed by atoms with Crippen LogP contribution >= 0.6 is 0 Å². The highest BCUT2D eigenvalue weighted by Crippen LogP contribution is 2.37. The smallest absolute Gasteiger partial charge is 0.225 e. The van der Waals surface area contributed by atoms with Crippen LogP contribution < -0.4 is 0 Å². The molecule has 0 N–H and O–H groups in total. The third kappa shape index (κ3) is 1.59. The van der Waals surface area contributed by atoms with Crippen LogP contribution in [0.5, 0.6) is 0 Å². The third-order valence-corrected chi connectivity index (χ3v) is 3.53. The molecule has 0 bridgehead atoms. The second kappa shape index (κ2) is 3.32. The Balaban J connectivity index is 1.95. The molecular formula is C11H19NO. The lowest BCUT2D eigenvalue weighted by atomic mass is 10.0. The summed E-state index contributed by atoms with van der Waals surface area (Å²) in [6.07, 6.45) is 4.10. The number of likely N-dealkylation sites (tertiary alicyclic amines) is 1. The van der Waals surface area contributed by atoms with Crippen molar-refractivity contribution in [2.24, 2.45) is 17.8 Å². The summed E-state index contributed by atoms with van der Waals surface area (Å²) in [5.74, 6) is 2.21. The summed E-state index contributed by atoms with van der Waals surface area (Å²) in [6.45, 7) is 6.08. The minimum Gasteiger partial charge on any atom is -0.342 e. The van der Waals surface area contributed by atoms with Crippen molar-refractivity contribution in [2.45, 2.75) is 33.1 Å². The standard InChI is InChI=1S/C11H19NO/c1-8(2)11(13)12-6-9-4-3-5-10(9)7-12/h8-10H,3-7H2,1-2H3. The molecule has 2 heteroatoms. The summed E-state index contributed by atoms with van der Waals surface area (Å²) < 4.78 is 0. The molecule has 2 fully saturated rings. The number of rotatable bonds is 1. The lowest BCUT2D eigenvalue weighted by Crippen LogP contribution is -2.32. The van der Waals surface area contributed by atoms with E-state index < -0.39 is 0 Å². The van der Waals surface area contributed by atoms with Crippen LogP contribution in [0.15, 0.2) is 0 Å². The van der Waals surface area contributed by atoms with Crippen LogP contribution in [0.3, 0.4) is 0 Å². The highest BCUT2D eigenvalue weighted by molar-refractivity contribution is 5.78. The summed E-state index contributed by atoms with van der Waals surface area (Å²) in [6, 6.07) is 0. The average Bonchev–Trinajstić information content (AvgIpc) is 2.59. The van der Waals surface area contributed by atoms with Gasteiger partial charge in [0.25, 0.3) is 0 Å². The maximum atomic E-state index is 11.7. The summed E-state index contributed by atoms with van der Waals surface area (Å²) in [7, 11) is 0. The SMILES string of the molecule is CC(C)C(=O)N1CC2CCCC2C1. The Labute approximate surface area is 80.3 Å². The van der Waals surface area contributed by atoms with Gasteiger partial charge in [0.15, 0.2) is 0 Å². The van der Waals surface area contributed by atoms with Crippen LogP contribution in [-0.4, -0.2) is 23.9 Å².